The molecule has 4 heteroatoms. The van der Waals surface area contributed by atoms with E-state index in [0.29, 0.717) is 5.95 Å². The van der Waals surface area contributed by atoms with Crippen LogP contribution in [0.5, 0.6) is 0 Å². The molecule has 128 valence electrons. The normalized spacial score (nSPS) is 11.2. The van der Waals surface area contributed by atoms with Crippen LogP contribution in [0.3, 0.4) is 0 Å². The van der Waals surface area contributed by atoms with Crippen LogP contribution in [-0.2, 0) is 5.41 Å². The molecule has 0 atom stereocenters. The third-order valence-electron chi connectivity index (χ3n) is 3.88. The largest absolute Gasteiger partial charge is 0.340 e. The fraction of sp³-hybridized carbons (Fsp3) is 0.238. The Kier molecular flexibility index (Phi) is 4.70. The van der Waals surface area contributed by atoms with Gasteiger partial charge in [-0.2, -0.15) is 4.98 Å². The summed E-state index contributed by atoms with van der Waals surface area (Å²) in [5.74, 6) is 1.37. The van der Waals surface area contributed by atoms with Gasteiger partial charge in [-0.05, 0) is 36.1 Å². The Morgan fingerprint density at radius 3 is 2.20 bits per heavy atom. The fourth-order valence-electron chi connectivity index (χ4n) is 2.72. The first-order valence-electron chi connectivity index (χ1n) is 8.46. The Hall–Kier alpha value is -2.88. The second kappa shape index (κ2) is 6.93. The smallest absolute Gasteiger partial charge is 0.229 e. The van der Waals surface area contributed by atoms with Gasteiger partial charge in [-0.25, -0.2) is 4.98 Å². The highest BCUT2D eigenvalue weighted by molar-refractivity contribution is 5.64. The van der Waals surface area contributed by atoms with E-state index in [-0.39, 0.29) is 5.41 Å². The second-order valence-electron chi connectivity index (χ2n) is 7.13. The van der Waals surface area contributed by atoms with Gasteiger partial charge in [0.15, 0.2) is 0 Å². The minimum Gasteiger partial charge on any atom is -0.340 e. The zero-order chi connectivity index (χ0) is 17.9. The molecule has 0 aliphatic rings. The van der Waals surface area contributed by atoms with Crippen molar-refractivity contribution in [3.05, 3.63) is 71.9 Å². The maximum Gasteiger partial charge on any atom is 0.229 e. The van der Waals surface area contributed by atoms with E-state index in [1.165, 1.54) is 5.56 Å². The molecular formula is C21H24N4. The highest BCUT2D eigenvalue weighted by atomic mass is 15.1. The van der Waals surface area contributed by atoms with E-state index in [0.717, 1.165) is 22.9 Å². The van der Waals surface area contributed by atoms with Crippen molar-refractivity contribution in [2.24, 2.45) is 0 Å². The molecule has 0 radical (unpaired) electrons. The van der Waals surface area contributed by atoms with Gasteiger partial charge in [0.1, 0.15) is 5.82 Å². The summed E-state index contributed by atoms with van der Waals surface area (Å²) in [5.41, 5.74) is 4.25. The maximum absolute atomic E-state index is 4.61. The van der Waals surface area contributed by atoms with Crippen LogP contribution < -0.4 is 10.6 Å². The van der Waals surface area contributed by atoms with Crippen molar-refractivity contribution in [3.8, 4) is 0 Å². The van der Waals surface area contributed by atoms with E-state index >= 15 is 0 Å². The number of rotatable bonds is 4. The number of nitrogens with one attached hydrogen (secondary N) is 2. The van der Waals surface area contributed by atoms with Gasteiger partial charge in [0.05, 0.1) is 0 Å². The molecule has 0 bridgehead atoms. The molecule has 0 aliphatic heterocycles. The van der Waals surface area contributed by atoms with Crippen molar-refractivity contribution in [3.63, 3.8) is 0 Å². The Balaban J connectivity index is 1.89. The van der Waals surface area contributed by atoms with Crippen molar-refractivity contribution in [1.29, 1.82) is 0 Å². The average molecular weight is 332 g/mol. The summed E-state index contributed by atoms with van der Waals surface area (Å²) >= 11 is 0. The molecule has 0 saturated heterocycles. The van der Waals surface area contributed by atoms with Crippen molar-refractivity contribution in [1.82, 2.24) is 9.97 Å². The molecule has 3 aromatic rings. The van der Waals surface area contributed by atoms with Crippen molar-refractivity contribution in [2.75, 3.05) is 10.6 Å². The van der Waals surface area contributed by atoms with Crippen LogP contribution >= 0.6 is 0 Å². The maximum atomic E-state index is 4.61. The number of benzene rings is 2. The molecule has 1 heterocycles. The van der Waals surface area contributed by atoms with E-state index in [1.807, 2.05) is 49.4 Å². The summed E-state index contributed by atoms with van der Waals surface area (Å²) in [6.07, 6.45) is 0. The van der Waals surface area contributed by atoms with Crippen LogP contribution in [0.2, 0.25) is 0 Å². The molecule has 0 fully saturated rings. The van der Waals surface area contributed by atoms with Crippen LogP contribution in [0.4, 0.5) is 23.1 Å². The minimum absolute atomic E-state index is 0.0524. The summed E-state index contributed by atoms with van der Waals surface area (Å²) in [6.45, 7) is 8.60. The summed E-state index contributed by atoms with van der Waals surface area (Å²) in [6, 6.07) is 20.2. The number of hydrogen-bond acceptors (Lipinski definition) is 4. The molecule has 1 aromatic heterocycles. The Morgan fingerprint density at radius 2 is 1.48 bits per heavy atom. The highest BCUT2D eigenvalue weighted by Crippen LogP contribution is 2.31. The Labute approximate surface area is 149 Å². The fourth-order valence-corrected chi connectivity index (χ4v) is 2.72. The summed E-state index contributed by atoms with van der Waals surface area (Å²) in [4.78, 5) is 9.09. The van der Waals surface area contributed by atoms with Crippen LogP contribution in [-0.4, -0.2) is 9.97 Å². The lowest BCUT2D eigenvalue weighted by atomic mass is 9.86. The Morgan fingerprint density at radius 1 is 0.800 bits per heavy atom. The number of anilines is 4. The van der Waals surface area contributed by atoms with Gasteiger partial charge in [-0.1, -0.05) is 57.2 Å². The van der Waals surface area contributed by atoms with Crippen LogP contribution in [0.25, 0.3) is 0 Å². The van der Waals surface area contributed by atoms with E-state index < -0.39 is 0 Å². The van der Waals surface area contributed by atoms with Gasteiger partial charge in [-0.3, -0.25) is 0 Å². The summed E-state index contributed by atoms with van der Waals surface area (Å²) < 4.78 is 0. The molecule has 0 unspecified atom stereocenters. The molecule has 0 amide bonds. The van der Waals surface area contributed by atoms with Gasteiger partial charge < -0.3 is 10.6 Å². The number of aromatic nitrogens is 2. The number of aryl methyl sites for hydroxylation is 1. The molecule has 4 nitrogen and oxygen atoms in total. The number of nitrogens with zero attached hydrogens (tertiary/aromatic N) is 2. The molecular weight excluding hydrogens is 308 g/mol. The van der Waals surface area contributed by atoms with Gasteiger partial charge in [-0.15, -0.1) is 0 Å². The van der Waals surface area contributed by atoms with E-state index in [9.17, 15) is 0 Å². The first kappa shape index (κ1) is 17.0. The van der Waals surface area contributed by atoms with Gasteiger partial charge in [0.2, 0.25) is 5.95 Å². The first-order valence-corrected chi connectivity index (χ1v) is 8.46. The van der Waals surface area contributed by atoms with Gasteiger partial charge in [0, 0.05) is 23.1 Å². The predicted octanol–water partition coefficient (Wildman–Crippen LogP) is 5.57. The second-order valence-corrected chi connectivity index (χ2v) is 7.13. The number of para-hydroxylation sites is 2. The number of hydrogen-bond donors (Lipinski definition) is 2. The van der Waals surface area contributed by atoms with E-state index in [2.05, 4.69) is 59.6 Å². The predicted molar refractivity (Wildman–Crippen MR) is 105 cm³/mol. The minimum atomic E-state index is 0.0524. The third kappa shape index (κ3) is 4.35. The van der Waals surface area contributed by atoms with Crippen LogP contribution in [0, 0.1) is 6.92 Å². The standard InChI is InChI=1S/C21H24N4/c1-15-14-19(24-18-13-9-8-12-17(18)21(2,3)4)25-20(22-15)23-16-10-6-5-7-11-16/h5-14H,1-4H3,(H2,22,23,24,25). The van der Waals surface area contributed by atoms with Crippen LogP contribution in [0.15, 0.2) is 60.7 Å². The van der Waals surface area contributed by atoms with Crippen molar-refractivity contribution < 1.29 is 0 Å². The lowest BCUT2D eigenvalue weighted by Crippen LogP contribution is -2.14. The van der Waals surface area contributed by atoms with Crippen LogP contribution in [0.1, 0.15) is 32.0 Å². The van der Waals surface area contributed by atoms with Crippen molar-refractivity contribution >= 4 is 23.1 Å². The molecule has 25 heavy (non-hydrogen) atoms. The highest BCUT2D eigenvalue weighted by Gasteiger charge is 2.17. The lowest BCUT2D eigenvalue weighted by Gasteiger charge is -2.23. The first-order chi connectivity index (χ1) is 11.9. The zero-order valence-electron chi connectivity index (χ0n) is 15.2. The average Bonchev–Trinajstić information content (AvgIpc) is 2.55. The topological polar surface area (TPSA) is 49.8 Å². The van der Waals surface area contributed by atoms with E-state index in [1.54, 1.807) is 0 Å². The lowest BCUT2D eigenvalue weighted by molar-refractivity contribution is 0.592. The summed E-state index contributed by atoms with van der Waals surface area (Å²) in [7, 11) is 0. The van der Waals surface area contributed by atoms with Gasteiger partial charge >= 0.3 is 0 Å². The molecule has 2 aromatic carbocycles. The molecule has 0 spiro atoms. The molecule has 2 N–H and O–H groups in total. The van der Waals surface area contributed by atoms with Gasteiger partial charge in [0.25, 0.3) is 0 Å². The summed E-state index contributed by atoms with van der Waals surface area (Å²) in [5, 5.41) is 6.71. The third-order valence-corrected chi connectivity index (χ3v) is 3.88. The molecule has 0 aliphatic carbocycles. The zero-order valence-corrected chi connectivity index (χ0v) is 15.2. The monoisotopic (exact) mass is 332 g/mol. The quantitative estimate of drug-likeness (QED) is 0.656. The molecule has 3 rings (SSSR count). The van der Waals surface area contributed by atoms with E-state index in [4.69, 9.17) is 0 Å². The SMILES string of the molecule is Cc1cc(Nc2ccccc2C(C)(C)C)nc(Nc2ccccc2)n1. The Bertz CT molecular complexity index is 851. The van der Waals surface area contributed by atoms with Crippen molar-refractivity contribution in [2.45, 2.75) is 33.1 Å². The molecule has 0 saturated carbocycles.